The maximum atomic E-state index is 12.5. The second-order valence-corrected chi connectivity index (χ2v) is 7.71. The second-order valence-electron chi connectivity index (χ2n) is 7.71. The summed E-state index contributed by atoms with van der Waals surface area (Å²) in [4.78, 5) is 33.6. The molecule has 0 radical (unpaired) electrons. The van der Waals surface area contributed by atoms with Crippen LogP contribution in [0.25, 0.3) is 11.3 Å². The molecule has 1 amide bonds. The predicted molar refractivity (Wildman–Crippen MR) is 114 cm³/mol. The molecule has 0 unspecified atom stereocenters. The Balaban J connectivity index is 1.31. The number of nitrogens with one attached hydrogen (secondary N) is 2. The lowest BCUT2D eigenvalue weighted by Crippen LogP contribution is -2.41. The number of morpholine rings is 1. The Morgan fingerprint density at radius 2 is 2.10 bits per heavy atom. The van der Waals surface area contributed by atoms with Crippen LogP contribution in [0.5, 0.6) is 0 Å². The van der Waals surface area contributed by atoms with Crippen LogP contribution in [0.2, 0.25) is 0 Å². The van der Waals surface area contributed by atoms with Gasteiger partial charge in [-0.2, -0.15) is 0 Å². The van der Waals surface area contributed by atoms with Crippen molar-refractivity contribution in [3.63, 3.8) is 0 Å². The summed E-state index contributed by atoms with van der Waals surface area (Å²) < 4.78 is 8.98. The van der Waals surface area contributed by atoms with E-state index in [2.05, 4.69) is 27.5 Å². The molecule has 0 spiro atoms. The van der Waals surface area contributed by atoms with E-state index < -0.39 is 5.91 Å². The van der Waals surface area contributed by atoms with Gasteiger partial charge >= 0.3 is 0 Å². The topological polar surface area (TPSA) is 102 Å². The average Bonchev–Trinajstić information content (AvgIpc) is 3.19. The van der Waals surface area contributed by atoms with E-state index in [0.717, 1.165) is 11.2 Å². The van der Waals surface area contributed by atoms with Gasteiger partial charge in [0.25, 0.3) is 11.5 Å². The van der Waals surface area contributed by atoms with E-state index in [0.29, 0.717) is 30.6 Å². The molecule has 1 aliphatic heterocycles. The van der Waals surface area contributed by atoms with Crippen molar-refractivity contribution in [3.05, 3.63) is 82.3 Å². The predicted octanol–water partition coefficient (Wildman–Crippen LogP) is 1.32. The monoisotopic (exact) mass is 418 g/mol. The van der Waals surface area contributed by atoms with Gasteiger partial charge in [0.15, 0.2) is 0 Å². The summed E-state index contributed by atoms with van der Waals surface area (Å²) in [6.07, 6.45) is 5.53. The number of rotatable bonds is 4. The first-order valence-corrected chi connectivity index (χ1v) is 10.1. The molecule has 31 heavy (non-hydrogen) atoms. The van der Waals surface area contributed by atoms with Crippen molar-refractivity contribution < 1.29 is 9.53 Å². The van der Waals surface area contributed by atoms with Gasteiger partial charge in [0.2, 0.25) is 0 Å². The highest BCUT2D eigenvalue weighted by molar-refractivity contribution is 5.92. The van der Waals surface area contributed by atoms with Gasteiger partial charge < -0.3 is 19.8 Å². The third-order valence-electron chi connectivity index (χ3n) is 5.30. The van der Waals surface area contributed by atoms with Crippen LogP contribution in [0.1, 0.15) is 34.7 Å². The van der Waals surface area contributed by atoms with Crippen molar-refractivity contribution >= 4 is 17.2 Å². The number of carbonyl (C=O) groups is 1. The van der Waals surface area contributed by atoms with Crippen LogP contribution in [0.4, 0.5) is 0 Å². The number of pyridine rings is 2. The Morgan fingerprint density at radius 3 is 2.97 bits per heavy atom. The van der Waals surface area contributed by atoms with Crippen LogP contribution < -0.4 is 16.2 Å². The first kappa shape index (κ1) is 19.4. The fourth-order valence-electron chi connectivity index (χ4n) is 3.78. The van der Waals surface area contributed by atoms with Crippen molar-refractivity contribution in [2.45, 2.75) is 25.6 Å². The average molecular weight is 418 g/mol. The number of carbonyl (C=O) groups excluding carboxylic acids is 1. The zero-order valence-electron chi connectivity index (χ0n) is 17.0. The second kappa shape index (κ2) is 7.93. The summed E-state index contributed by atoms with van der Waals surface area (Å²) in [5.74, 6) is -0.418. The lowest BCUT2D eigenvalue weighted by Gasteiger charge is -2.29. The van der Waals surface area contributed by atoms with Gasteiger partial charge in [-0.25, -0.2) is 9.97 Å². The van der Waals surface area contributed by atoms with E-state index in [9.17, 15) is 9.59 Å². The first-order valence-electron chi connectivity index (χ1n) is 10.1. The number of hydrogen-bond acceptors (Lipinski definition) is 6. The number of aromatic nitrogens is 4. The Hall–Kier alpha value is -3.56. The quantitative estimate of drug-likeness (QED) is 0.518. The molecule has 158 valence electrons. The van der Waals surface area contributed by atoms with Gasteiger partial charge in [-0.1, -0.05) is 12.1 Å². The minimum absolute atomic E-state index is 0.0831. The van der Waals surface area contributed by atoms with Crippen LogP contribution in [-0.2, 0) is 11.3 Å². The van der Waals surface area contributed by atoms with Crippen LogP contribution >= 0.6 is 0 Å². The lowest BCUT2D eigenvalue weighted by molar-refractivity contribution is 0.0503. The molecule has 5 heterocycles. The van der Waals surface area contributed by atoms with E-state index in [1.807, 2.05) is 28.9 Å². The molecule has 0 aliphatic carbocycles. The molecule has 0 saturated carbocycles. The largest absolute Gasteiger partial charge is 0.378 e. The zero-order chi connectivity index (χ0) is 21.4. The zero-order valence-corrected chi connectivity index (χ0v) is 17.0. The SMILES string of the molecule is C[C@@H]1COC[C@H](c2ccc3nc(CNC(=O)c4cc(=O)n5ccccc5n4)cn3c2)N1. The summed E-state index contributed by atoms with van der Waals surface area (Å²) in [5, 5.41) is 6.32. The third kappa shape index (κ3) is 3.92. The van der Waals surface area contributed by atoms with Gasteiger partial charge in [0.05, 0.1) is 31.5 Å². The summed E-state index contributed by atoms with van der Waals surface area (Å²) in [7, 11) is 0. The van der Waals surface area contributed by atoms with E-state index in [4.69, 9.17) is 4.74 Å². The highest BCUT2D eigenvalue weighted by Gasteiger charge is 2.20. The molecule has 0 aromatic carbocycles. The van der Waals surface area contributed by atoms with Crippen molar-refractivity contribution in [2.75, 3.05) is 13.2 Å². The molecule has 4 aromatic heterocycles. The molecule has 9 heteroatoms. The van der Waals surface area contributed by atoms with Gasteiger partial charge in [-0.15, -0.1) is 0 Å². The maximum Gasteiger partial charge on any atom is 0.270 e. The van der Waals surface area contributed by atoms with Crippen LogP contribution in [-0.4, -0.2) is 43.9 Å². The van der Waals surface area contributed by atoms with Crippen molar-refractivity contribution in [2.24, 2.45) is 0 Å². The highest BCUT2D eigenvalue weighted by atomic mass is 16.5. The van der Waals surface area contributed by atoms with Crippen molar-refractivity contribution in [1.82, 2.24) is 29.4 Å². The Labute approximate surface area is 177 Å². The summed E-state index contributed by atoms with van der Waals surface area (Å²) in [5.41, 5.74) is 2.83. The van der Waals surface area contributed by atoms with Crippen LogP contribution in [0.3, 0.4) is 0 Å². The molecule has 2 atom stereocenters. The fraction of sp³-hybridized carbons (Fsp3) is 0.273. The van der Waals surface area contributed by atoms with Gasteiger partial charge in [-0.05, 0) is 30.7 Å². The standard InChI is InChI=1S/C22H22N6O3/c1-14-12-31-13-18(24-14)15-5-6-19-25-16(11-27(19)10-15)9-23-22(30)17-8-21(29)28-7-3-2-4-20(28)26-17/h2-8,10-11,14,18,24H,9,12-13H2,1H3,(H,23,30)/t14-,18-/m1/s1. The van der Waals surface area contributed by atoms with E-state index >= 15 is 0 Å². The van der Waals surface area contributed by atoms with E-state index in [-0.39, 0.29) is 23.8 Å². The normalized spacial score (nSPS) is 19.0. The molecule has 1 aliphatic rings. The lowest BCUT2D eigenvalue weighted by atomic mass is 10.1. The number of ether oxygens (including phenoxy) is 1. The molecule has 1 saturated heterocycles. The van der Waals surface area contributed by atoms with Crippen LogP contribution in [0, 0.1) is 0 Å². The number of hydrogen-bond donors (Lipinski definition) is 2. The van der Waals surface area contributed by atoms with Crippen molar-refractivity contribution in [3.8, 4) is 0 Å². The van der Waals surface area contributed by atoms with Crippen molar-refractivity contribution in [1.29, 1.82) is 0 Å². The smallest absolute Gasteiger partial charge is 0.270 e. The summed E-state index contributed by atoms with van der Waals surface area (Å²) in [6.45, 7) is 3.67. The van der Waals surface area contributed by atoms with Gasteiger partial charge in [0, 0.05) is 30.7 Å². The molecular weight excluding hydrogens is 396 g/mol. The third-order valence-corrected chi connectivity index (χ3v) is 5.30. The molecule has 9 nitrogen and oxygen atoms in total. The Bertz CT molecular complexity index is 1330. The van der Waals surface area contributed by atoms with Gasteiger partial charge in [0.1, 0.15) is 17.0 Å². The van der Waals surface area contributed by atoms with Gasteiger partial charge in [-0.3, -0.25) is 14.0 Å². The molecule has 2 N–H and O–H groups in total. The highest BCUT2D eigenvalue weighted by Crippen LogP contribution is 2.19. The minimum Gasteiger partial charge on any atom is -0.378 e. The maximum absolute atomic E-state index is 12.5. The fourth-order valence-corrected chi connectivity index (χ4v) is 3.78. The Kier molecular flexibility index (Phi) is 4.97. The summed E-state index contributed by atoms with van der Waals surface area (Å²) >= 11 is 0. The number of nitrogens with zero attached hydrogens (tertiary/aromatic N) is 4. The minimum atomic E-state index is -0.418. The number of imidazole rings is 1. The molecule has 0 bridgehead atoms. The van der Waals surface area contributed by atoms with Crippen LogP contribution in [0.15, 0.2) is 59.8 Å². The number of amides is 1. The Morgan fingerprint density at radius 1 is 1.19 bits per heavy atom. The van der Waals surface area contributed by atoms with E-state index in [1.165, 1.54) is 10.5 Å². The summed E-state index contributed by atoms with van der Waals surface area (Å²) in [6, 6.07) is 10.9. The molecular formula is C22H22N6O3. The number of fused-ring (bicyclic) bond motifs is 2. The molecule has 4 aromatic rings. The van der Waals surface area contributed by atoms with E-state index in [1.54, 1.807) is 24.4 Å². The molecule has 5 rings (SSSR count). The molecule has 1 fully saturated rings. The first-order chi connectivity index (χ1) is 15.1.